The van der Waals surface area contributed by atoms with Crippen molar-refractivity contribution in [2.24, 2.45) is 0 Å². The van der Waals surface area contributed by atoms with Crippen LogP contribution in [0.4, 0.5) is 5.69 Å². The standard InChI is InChI=1S/C28H24N2O3S/c29-21-8-13-24-25(18-21)34-28(20-4-9-22(31)10-5-20)26(24)27(32)19-6-11-23(12-7-19)33-17-16-30-14-2-1-3-15-30/h1-14,18,31H,15-17,29H2. The first-order valence-electron chi connectivity index (χ1n) is 11.0. The van der Waals surface area contributed by atoms with Crippen molar-refractivity contribution in [3.05, 3.63) is 102 Å². The van der Waals surface area contributed by atoms with Gasteiger partial charge < -0.3 is 20.5 Å². The van der Waals surface area contributed by atoms with Crippen molar-refractivity contribution in [1.82, 2.24) is 4.90 Å². The van der Waals surface area contributed by atoms with E-state index in [0.29, 0.717) is 23.4 Å². The summed E-state index contributed by atoms with van der Waals surface area (Å²) in [6, 6.07) is 19.8. The Balaban J connectivity index is 1.40. The Kier molecular flexibility index (Phi) is 6.06. The van der Waals surface area contributed by atoms with Gasteiger partial charge in [-0.1, -0.05) is 18.2 Å². The summed E-state index contributed by atoms with van der Waals surface area (Å²) in [4.78, 5) is 16.7. The van der Waals surface area contributed by atoms with Crippen LogP contribution in [-0.4, -0.2) is 35.5 Å². The molecule has 170 valence electrons. The molecule has 0 fully saturated rings. The number of aromatic hydroxyl groups is 1. The molecule has 0 bridgehead atoms. The highest BCUT2D eigenvalue weighted by molar-refractivity contribution is 7.22. The zero-order valence-corrected chi connectivity index (χ0v) is 19.3. The van der Waals surface area contributed by atoms with Gasteiger partial charge in [0.05, 0.1) is 6.54 Å². The van der Waals surface area contributed by atoms with Crippen molar-refractivity contribution < 1.29 is 14.6 Å². The molecule has 5 rings (SSSR count). The summed E-state index contributed by atoms with van der Waals surface area (Å²) in [7, 11) is 0. The van der Waals surface area contributed by atoms with Gasteiger partial charge in [-0.25, -0.2) is 0 Å². The van der Waals surface area contributed by atoms with Crippen LogP contribution in [0.3, 0.4) is 0 Å². The second-order valence-electron chi connectivity index (χ2n) is 8.08. The predicted octanol–water partition coefficient (Wildman–Crippen LogP) is 5.85. The lowest BCUT2D eigenvalue weighted by atomic mass is 9.97. The highest BCUT2D eigenvalue weighted by atomic mass is 32.1. The van der Waals surface area contributed by atoms with Gasteiger partial charge in [-0.15, -0.1) is 11.3 Å². The maximum atomic E-state index is 13.7. The van der Waals surface area contributed by atoms with Crippen molar-refractivity contribution in [3.63, 3.8) is 0 Å². The van der Waals surface area contributed by atoms with E-state index in [2.05, 4.69) is 17.2 Å². The number of hydrogen-bond acceptors (Lipinski definition) is 6. The maximum Gasteiger partial charge on any atom is 0.195 e. The molecule has 1 aromatic heterocycles. The number of allylic oxidation sites excluding steroid dienone is 2. The summed E-state index contributed by atoms with van der Waals surface area (Å²) in [6.45, 7) is 2.24. The molecule has 2 heterocycles. The molecule has 34 heavy (non-hydrogen) atoms. The lowest BCUT2D eigenvalue weighted by Crippen LogP contribution is -2.24. The van der Waals surface area contributed by atoms with Gasteiger partial charge in [-0.3, -0.25) is 4.79 Å². The average molecular weight is 469 g/mol. The fourth-order valence-electron chi connectivity index (χ4n) is 3.96. The quantitative estimate of drug-likeness (QED) is 0.263. The van der Waals surface area contributed by atoms with E-state index < -0.39 is 0 Å². The number of nitrogens with zero attached hydrogens (tertiary/aromatic N) is 1. The highest BCUT2D eigenvalue weighted by Crippen LogP contribution is 2.41. The van der Waals surface area contributed by atoms with Crippen LogP contribution in [0.25, 0.3) is 20.5 Å². The highest BCUT2D eigenvalue weighted by Gasteiger charge is 2.22. The Labute approximate surface area is 202 Å². The third-order valence-corrected chi connectivity index (χ3v) is 6.92. The maximum absolute atomic E-state index is 13.7. The van der Waals surface area contributed by atoms with E-state index in [-0.39, 0.29) is 11.5 Å². The first-order chi connectivity index (χ1) is 16.6. The predicted molar refractivity (Wildman–Crippen MR) is 139 cm³/mol. The zero-order chi connectivity index (χ0) is 23.5. The van der Waals surface area contributed by atoms with Crippen molar-refractivity contribution in [2.45, 2.75) is 0 Å². The number of phenolic OH excluding ortho intramolecular Hbond substituents is 1. The van der Waals surface area contributed by atoms with Crippen LogP contribution < -0.4 is 10.5 Å². The molecule has 0 saturated carbocycles. The van der Waals surface area contributed by atoms with Crippen LogP contribution in [0.15, 0.2) is 91.2 Å². The van der Waals surface area contributed by atoms with Crippen LogP contribution in [-0.2, 0) is 0 Å². The molecule has 4 aromatic rings. The number of thiophene rings is 1. The van der Waals surface area contributed by atoms with Crippen LogP contribution in [0.2, 0.25) is 0 Å². The number of benzene rings is 3. The van der Waals surface area contributed by atoms with Crippen LogP contribution in [0.1, 0.15) is 15.9 Å². The Bertz CT molecular complexity index is 1390. The number of carbonyl (C=O) groups excluding carboxylic acids is 1. The normalized spacial score (nSPS) is 12.9. The fourth-order valence-corrected chi connectivity index (χ4v) is 5.21. The Hall–Kier alpha value is -4.03. The van der Waals surface area contributed by atoms with Crippen molar-refractivity contribution in [1.29, 1.82) is 0 Å². The van der Waals surface area contributed by atoms with Gasteiger partial charge in [0.15, 0.2) is 5.78 Å². The average Bonchev–Trinajstić information content (AvgIpc) is 3.23. The van der Waals surface area contributed by atoms with E-state index in [1.54, 1.807) is 12.1 Å². The number of rotatable bonds is 7. The molecule has 1 aliphatic heterocycles. The van der Waals surface area contributed by atoms with Gasteiger partial charge in [-0.05, 0) is 78.5 Å². The molecule has 0 spiro atoms. The largest absolute Gasteiger partial charge is 0.508 e. The molecule has 6 heteroatoms. The number of anilines is 1. The minimum atomic E-state index is -0.0594. The molecule has 3 aromatic carbocycles. The summed E-state index contributed by atoms with van der Waals surface area (Å²) in [6.07, 6.45) is 8.20. The Morgan fingerprint density at radius 2 is 1.82 bits per heavy atom. The number of ether oxygens (including phenoxy) is 1. The van der Waals surface area contributed by atoms with E-state index in [0.717, 1.165) is 39.4 Å². The Morgan fingerprint density at radius 3 is 2.56 bits per heavy atom. The molecule has 0 aliphatic carbocycles. The van der Waals surface area contributed by atoms with Crippen molar-refractivity contribution in [2.75, 3.05) is 25.4 Å². The van der Waals surface area contributed by atoms with E-state index in [9.17, 15) is 9.90 Å². The zero-order valence-electron chi connectivity index (χ0n) is 18.5. The number of fused-ring (bicyclic) bond motifs is 1. The minimum absolute atomic E-state index is 0.0594. The van der Waals surface area contributed by atoms with E-state index >= 15 is 0 Å². The lowest BCUT2D eigenvalue weighted by Gasteiger charge is -2.20. The van der Waals surface area contributed by atoms with E-state index in [1.165, 1.54) is 11.3 Å². The number of hydrogen-bond donors (Lipinski definition) is 2. The first-order valence-corrected chi connectivity index (χ1v) is 11.9. The van der Waals surface area contributed by atoms with Crippen LogP contribution in [0, 0.1) is 0 Å². The van der Waals surface area contributed by atoms with Gasteiger partial charge >= 0.3 is 0 Å². The van der Waals surface area contributed by atoms with E-state index in [1.807, 2.05) is 66.7 Å². The second kappa shape index (κ2) is 9.45. The SMILES string of the molecule is Nc1ccc2c(C(=O)c3ccc(OCCN4C=CC=CC4)cc3)c(-c3ccc(O)cc3)sc2c1. The number of nitrogen functional groups attached to an aromatic ring is 1. The van der Waals surface area contributed by atoms with Gasteiger partial charge in [0.25, 0.3) is 0 Å². The molecule has 1 aliphatic rings. The molecule has 3 N–H and O–H groups in total. The monoisotopic (exact) mass is 468 g/mol. The number of ketones is 1. The third kappa shape index (κ3) is 4.54. The fraction of sp³-hybridized carbons (Fsp3) is 0.107. The van der Waals surface area contributed by atoms with Gasteiger partial charge in [0, 0.05) is 38.3 Å². The summed E-state index contributed by atoms with van der Waals surface area (Å²) in [5, 5.41) is 10.6. The Morgan fingerprint density at radius 1 is 1.03 bits per heavy atom. The number of phenols is 1. The van der Waals surface area contributed by atoms with Crippen LogP contribution >= 0.6 is 11.3 Å². The second-order valence-corrected chi connectivity index (χ2v) is 9.13. The molecular weight excluding hydrogens is 444 g/mol. The lowest BCUT2D eigenvalue weighted by molar-refractivity contribution is 0.104. The summed E-state index contributed by atoms with van der Waals surface area (Å²) in [5.74, 6) is 0.857. The van der Waals surface area contributed by atoms with Gasteiger partial charge in [-0.2, -0.15) is 0 Å². The smallest absolute Gasteiger partial charge is 0.195 e. The van der Waals surface area contributed by atoms with Gasteiger partial charge in [0.2, 0.25) is 0 Å². The minimum Gasteiger partial charge on any atom is -0.508 e. The molecule has 0 radical (unpaired) electrons. The number of nitrogens with two attached hydrogens (primary N) is 1. The van der Waals surface area contributed by atoms with Gasteiger partial charge in [0.1, 0.15) is 18.1 Å². The summed E-state index contributed by atoms with van der Waals surface area (Å²) < 4.78 is 6.83. The molecule has 0 atom stereocenters. The topological polar surface area (TPSA) is 75.8 Å². The molecule has 0 amide bonds. The molecule has 0 saturated heterocycles. The van der Waals surface area contributed by atoms with Crippen LogP contribution in [0.5, 0.6) is 11.5 Å². The summed E-state index contributed by atoms with van der Waals surface area (Å²) in [5.41, 5.74) is 8.76. The molecule has 5 nitrogen and oxygen atoms in total. The third-order valence-electron chi connectivity index (χ3n) is 5.72. The number of carbonyl (C=O) groups is 1. The summed E-state index contributed by atoms with van der Waals surface area (Å²) >= 11 is 1.53. The molecular formula is C28H24N2O3S. The van der Waals surface area contributed by atoms with Crippen molar-refractivity contribution >= 4 is 32.9 Å². The van der Waals surface area contributed by atoms with E-state index in [4.69, 9.17) is 10.5 Å². The molecule has 0 unspecified atom stereocenters. The first kappa shape index (κ1) is 21.8. The van der Waals surface area contributed by atoms with Crippen molar-refractivity contribution in [3.8, 4) is 21.9 Å².